The summed E-state index contributed by atoms with van der Waals surface area (Å²) in [4.78, 5) is 40.5. The van der Waals surface area contributed by atoms with Crippen LogP contribution in [0, 0.1) is 0 Å². The molecule has 2 aromatic heterocycles. The highest BCUT2D eigenvalue weighted by molar-refractivity contribution is 5.99. The zero-order chi connectivity index (χ0) is 26.5. The van der Waals surface area contributed by atoms with E-state index in [-0.39, 0.29) is 5.91 Å². The number of amides is 1. The molecular formula is C29H33N7O2. The second-order valence-corrected chi connectivity index (χ2v) is 9.66. The number of rotatable bonds is 9. The van der Waals surface area contributed by atoms with Crippen molar-refractivity contribution >= 4 is 40.6 Å². The number of aromatic nitrogens is 3. The fourth-order valence-electron chi connectivity index (χ4n) is 4.99. The van der Waals surface area contributed by atoms with Crippen molar-refractivity contribution in [1.29, 1.82) is 0 Å². The van der Waals surface area contributed by atoms with Gasteiger partial charge in [0.25, 0.3) is 5.91 Å². The lowest BCUT2D eigenvalue weighted by atomic mass is 10.0. The summed E-state index contributed by atoms with van der Waals surface area (Å²) >= 11 is 0. The maximum Gasteiger partial charge on any atom is 0.256 e. The number of hydrogen-bond acceptors (Lipinski definition) is 8. The minimum absolute atomic E-state index is 0.295. The molecule has 3 heterocycles. The van der Waals surface area contributed by atoms with Gasteiger partial charge in [-0.05, 0) is 55.2 Å². The fourth-order valence-corrected chi connectivity index (χ4v) is 4.99. The number of nitrogens with zero attached hydrogens (tertiary/aromatic N) is 4. The Morgan fingerprint density at radius 1 is 1.08 bits per heavy atom. The van der Waals surface area contributed by atoms with Crippen LogP contribution in [0.5, 0.6) is 0 Å². The molecule has 0 saturated carbocycles. The van der Waals surface area contributed by atoms with Crippen LogP contribution in [-0.4, -0.2) is 46.3 Å². The third-order valence-electron chi connectivity index (χ3n) is 7.15. The van der Waals surface area contributed by atoms with E-state index in [9.17, 15) is 9.59 Å². The van der Waals surface area contributed by atoms with Crippen LogP contribution in [0.1, 0.15) is 60.1 Å². The molecule has 1 unspecified atom stereocenters. The van der Waals surface area contributed by atoms with E-state index in [2.05, 4.69) is 50.4 Å². The van der Waals surface area contributed by atoms with Crippen LogP contribution in [0.15, 0.2) is 55.3 Å². The molecule has 1 amide bonds. The van der Waals surface area contributed by atoms with Crippen molar-refractivity contribution < 1.29 is 9.59 Å². The highest BCUT2D eigenvalue weighted by atomic mass is 16.1. The van der Waals surface area contributed by atoms with Crippen molar-refractivity contribution in [3.8, 4) is 0 Å². The lowest BCUT2D eigenvalue weighted by molar-refractivity contribution is -0.119. The van der Waals surface area contributed by atoms with Crippen LogP contribution in [0.3, 0.4) is 0 Å². The van der Waals surface area contributed by atoms with E-state index < -0.39 is 0 Å². The maximum atomic E-state index is 12.8. The van der Waals surface area contributed by atoms with Gasteiger partial charge in [-0.25, -0.2) is 9.97 Å². The van der Waals surface area contributed by atoms with Gasteiger partial charge in [-0.15, -0.1) is 6.58 Å². The Labute approximate surface area is 222 Å². The Bertz CT molecular complexity index is 1330. The molecule has 5 rings (SSSR count). The first kappa shape index (κ1) is 25.4. The van der Waals surface area contributed by atoms with Crippen LogP contribution in [0.25, 0.3) is 0 Å². The number of anilines is 5. The molecular weight excluding hydrogens is 478 g/mol. The zero-order valence-electron chi connectivity index (χ0n) is 21.7. The molecule has 1 aliphatic carbocycles. The van der Waals surface area contributed by atoms with Gasteiger partial charge in [0.1, 0.15) is 23.0 Å². The Balaban J connectivity index is 1.37. The van der Waals surface area contributed by atoms with Gasteiger partial charge in [0.2, 0.25) is 5.95 Å². The number of piperidine rings is 1. The molecule has 0 bridgehead atoms. The summed E-state index contributed by atoms with van der Waals surface area (Å²) in [6.07, 6.45) is 7.54. The molecule has 1 fully saturated rings. The maximum absolute atomic E-state index is 12.8. The number of aryl methyl sites for hydroxylation is 1. The molecule has 0 radical (unpaired) electrons. The van der Waals surface area contributed by atoms with Gasteiger partial charge in [0.15, 0.2) is 0 Å². The Morgan fingerprint density at radius 2 is 1.87 bits per heavy atom. The van der Waals surface area contributed by atoms with Gasteiger partial charge in [-0.3, -0.25) is 9.59 Å². The van der Waals surface area contributed by atoms with Crippen molar-refractivity contribution in [2.24, 2.45) is 0 Å². The quantitative estimate of drug-likeness (QED) is 0.349. The highest BCUT2D eigenvalue weighted by Crippen LogP contribution is 2.35. The average molecular weight is 512 g/mol. The smallest absolute Gasteiger partial charge is 0.256 e. The summed E-state index contributed by atoms with van der Waals surface area (Å²) in [5.74, 6) is 1.86. The van der Waals surface area contributed by atoms with Crippen molar-refractivity contribution in [3.63, 3.8) is 0 Å². The van der Waals surface area contributed by atoms with Gasteiger partial charge in [-0.2, -0.15) is 4.98 Å². The first-order valence-corrected chi connectivity index (χ1v) is 13.2. The van der Waals surface area contributed by atoms with Crippen molar-refractivity contribution in [1.82, 2.24) is 20.3 Å². The molecule has 3 N–H and O–H groups in total. The molecule has 9 heteroatoms. The zero-order valence-corrected chi connectivity index (χ0v) is 21.7. The van der Waals surface area contributed by atoms with E-state index >= 15 is 0 Å². The predicted octanol–water partition coefficient (Wildman–Crippen LogP) is 4.88. The molecule has 3 aromatic rings. The summed E-state index contributed by atoms with van der Waals surface area (Å²) in [7, 11) is 0. The lowest BCUT2D eigenvalue weighted by Crippen LogP contribution is -2.33. The molecule has 1 aliphatic heterocycles. The van der Waals surface area contributed by atoms with Crippen molar-refractivity contribution in [2.45, 2.75) is 44.9 Å². The van der Waals surface area contributed by atoms with E-state index in [4.69, 9.17) is 4.98 Å². The van der Waals surface area contributed by atoms with Crippen LogP contribution in [-0.2, 0) is 11.2 Å². The summed E-state index contributed by atoms with van der Waals surface area (Å²) < 4.78 is 0. The topological polar surface area (TPSA) is 112 Å². The number of pyridine rings is 1. The number of ketones is 1. The monoisotopic (exact) mass is 511 g/mol. The van der Waals surface area contributed by atoms with Gasteiger partial charge >= 0.3 is 0 Å². The van der Waals surface area contributed by atoms with Crippen LogP contribution in [0.4, 0.5) is 29.0 Å². The Morgan fingerprint density at radius 3 is 2.61 bits per heavy atom. The van der Waals surface area contributed by atoms with Gasteiger partial charge in [0.05, 0.1) is 0 Å². The minimum Gasteiger partial charge on any atom is -0.371 e. The van der Waals surface area contributed by atoms with Crippen LogP contribution < -0.4 is 20.9 Å². The normalized spacial score (nSPS) is 16.6. The number of carbonyl (C=O) groups is 2. The summed E-state index contributed by atoms with van der Waals surface area (Å²) in [6.45, 7) is 7.68. The molecule has 1 aromatic carbocycles. The molecule has 2 aliphatic rings. The molecule has 1 saturated heterocycles. The lowest BCUT2D eigenvalue weighted by Gasteiger charge is -2.28. The first-order valence-electron chi connectivity index (χ1n) is 13.2. The summed E-state index contributed by atoms with van der Waals surface area (Å²) in [5.41, 5.74) is 4.63. The van der Waals surface area contributed by atoms with Crippen LogP contribution in [0.2, 0.25) is 0 Å². The second-order valence-electron chi connectivity index (χ2n) is 9.66. The highest BCUT2D eigenvalue weighted by Gasteiger charge is 2.23. The SMILES string of the molecule is C=CCNC(=O)c1cnc(Nc2ccc(N3CCC(=O)CC3)cc2)nc1Nc1ccc2c(n1)C(CC)CC2. The average Bonchev–Trinajstić information content (AvgIpc) is 3.35. The third kappa shape index (κ3) is 5.66. The Kier molecular flexibility index (Phi) is 7.62. The number of nitrogens with one attached hydrogen (secondary N) is 3. The number of carbonyl (C=O) groups excluding carboxylic acids is 2. The largest absolute Gasteiger partial charge is 0.371 e. The third-order valence-corrected chi connectivity index (χ3v) is 7.15. The number of fused-ring (bicyclic) bond motifs is 1. The van der Waals surface area contributed by atoms with E-state index in [1.54, 1.807) is 6.08 Å². The number of Topliss-reactive ketones (excluding diaryl/α,β-unsaturated/α-hetero) is 1. The summed E-state index contributed by atoms with van der Waals surface area (Å²) in [6, 6.07) is 12.0. The fraction of sp³-hybridized carbons (Fsp3) is 0.345. The predicted molar refractivity (Wildman–Crippen MR) is 150 cm³/mol. The standard InChI is InChI=1S/C29H33N7O2/c1-3-15-30-28(38)24-18-31-29(32-21-8-10-22(11-9-21)36-16-13-23(37)14-17-36)35-27(24)34-25-12-7-20-6-5-19(4-2)26(20)33-25/h3,7-12,18-19H,1,4-6,13-17H2,2H3,(H,30,38)(H2,31,32,33,34,35). The van der Waals surface area contributed by atoms with E-state index in [0.717, 1.165) is 49.4 Å². The molecule has 38 heavy (non-hydrogen) atoms. The first-order chi connectivity index (χ1) is 18.5. The van der Waals surface area contributed by atoms with Gasteiger partial charge in [0, 0.05) is 61.7 Å². The van der Waals surface area contributed by atoms with Gasteiger partial charge in [-0.1, -0.05) is 19.1 Å². The van der Waals surface area contributed by atoms with E-state index in [1.807, 2.05) is 30.3 Å². The van der Waals surface area contributed by atoms with E-state index in [0.29, 0.717) is 54.2 Å². The molecule has 196 valence electrons. The molecule has 1 atom stereocenters. The summed E-state index contributed by atoms with van der Waals surface area (Å²) in [5, 5.41) is 9.29. The minimum atomic E-state index is -0.295. The Hall–Kier alpha value is -4.27. The van der Waals surface area contributed by atoms with Gasteiger partial charge < -0.3 is 20.9 Å². The van der Waals surface area contributed by atoms with Crippen LogP contribution >= 0.6 is 0 Å². The second kappa shape index (κ2) is 11.4. The number of benzene rings is 1. The number of hydrogen-bond donors (Lipinski definition) is 3. The van der Waals surface area contributed by atoms with Crippen molar-refractivity contribution in [3.05, 3.63) is 72.1 Å². The molecule has 0 spiro atoms. The van der Waals surface area contributed by atoms with E-state index in [1.165, 1.54) is 11.8 Å². The van der Waals surface area contributed by atoms with Crippen molar-refractivity contribution in [2.75, 3.05) is 35.2 Å². The molecule has 9 nitrogen and oxygen atoms in total.